The number of benzene rings is 2. The van der Waals surface area contributed by atoms with Crippen LogP contribution in [0.1, 0.15) is 0 Å². The number of aromatic hydroxyl groups is 2. The summed E-state index contributed by atoms with van der Waals surface area (Å²) in [4.78, 5) is 0. The Hall–Kier alpha value is -1.70. The molecule has 2 N–H and O–H groups in total. The molecule has 3 rings (SSSR count). The van der Waals surface area contributed by atoms with E-state index in [9.17, 15) is 10.2 Å². The molecule has 0 saturated heterocycles. The number of hydrogen-bond donors (Lipinski definition) is 2. The Morgan fingerprint density at radius 3 is 1.76 bits per heavy atom. The van der Waals surface area contributed by atoms with Gasteiger partial charge in [-0.1, -0.05) is 0 Å². The number of rotatable bonds is 1. The summed E-state index contributed by atoms with van der Waals surface area (Å²) in [6.07, 6.45) is 0. The van der Waals surface area contributed by atoms with Gasteiger partial charge in [0.05, 0.1) is 0 Å². The van der Waals surface area contributed by atoms with Gasteiger partial charge in [0.1, 0.15) is 11.5 Å². The molecule has 0 aliphatic rings. The third-order valence-electron chi connectivity index (χ3n) is 2.87. The third kappa shape index (κ3) is 1.47. The molecule has 0 aliphatic carbocycles. The SMILES string of the molecule is COp1c2cc(O)ccc2c2ccc(O)cc21. The van der Waals surface area contributed by atoms with Crippen LogP contribution >= 0.6 is 7.76 Å². The minimum Gasteiger partial charge on any atom is -0.508 e. The lowest BCUT2D eigenvalue weighted by atomic mass is 10.1. The van der Waals surface area contributed by atoms with Gasteiger partial charge >= 0.3 is 0 Å². The topological polar surface area (TPSA) is 49.7 Å². The second-order valence-electron chi connectivity index (χ2n) is 3.88. The monoisotopic (exact) mass is 246 g/mol. The highest BCUT2D eigenvalue weighted by molar-refractivity contribution is 7.57. The first-order valence-corrected chi connectivity index (χ1v) is 6.47. The van der Waals surface area contributed by atoms with E-state index in [4.69, 9.17) is 4.52 Å². The highest BCUT2D eigenvalue weighted by atomic mass is 31.1. The summed E-state index contributed by atoms with van der Waals surface area (Å²) in [7, 11) is 0.724. The Labute approximate surface area is 99.0 Å². The quantitative estimate of drug-likeness (QED) is 0.691. The number of hydrogen-bond acceptors (Lipinski definition) is 3. The Morgan fingerprint density at radius 2 is 1.35 bits per heavy atom. The van der Waals surface area contributed by atoms with Gasteiger partial charge in [-0.3, -0.25) is 0 Å². The molecule has 3 nitrogen and oxygen atoms in total. The first kappa shape index (κ1) is 10.5. The molecule has 86 valence electrons. The molecule has 0 spiro atoms. The Balaban J connectivity index is 2.56. The molecule has 0 fully saturated rings. The van der Waals surface area contributed by atoms with Gasteiger partial charge in [-0.15, -0.1) is 0 Å². The largest absolute Gasteiger partial charge is 0.508 e. The van der Waals surface area contributed by atoms with Crippen LogP contribution in [0.15, 0.2) is 36.4 Å². The molecule has 0 aliphatic heterocycles. The van der Waals surface area contributed by atoms with Crippen molar-refractivity contribution >= 4 is 28.8 Å². The van der Waals surface area contributed by atoms with E-state index >= 15 is 0 Å². The lowest BCUT2D eigenvalue weighted by molar-refractivity contribution is 0.475. The molecule has 1 heterocycles. The van der Waals surface area contributed by atoms with Crippen molar-refractivity contribution in [1.29, 1.82) is 0 Å². The van der Waals surface area contributed by atoms with E-state index in [1.54, 1.807) is 31.4 Å². The van der Waals surface area contributed by atoms with E-state index in [-0.39, 0.29) is 11.5 Å². The lowest BCUT2D eigenvalue weighted by Gasteiger charge is -1.98. The molecule has 1 aromatic heterocycles. The van der Waals surface area contributed by atoms with Crippen molar-refractivity contribution in [3.63, 3.8) is 0 Å². The summed E-state index contributed by atoms with van der Waals surface area (Å²) in [5.41, 5.74) is 0. The molecule has 0 atom stereocenters. The highest BCUT2D eigenvalue weighted by Gasteiger charge is 2.12. The van der Waals surface area contributed by atoms with Gasteiger partial charge < -0.3 is 14.7 Å². The molecule has 0 saturated carbocycles. The van der Waals surface area contributed by atoms with Crippen molar-refractivity contribution in [2.75, 3.05) is 7.11 Å². The first-order chi connectivity index (χ1) is 8.20. The summed E-state index contributed by atoms with van der Waals surface area (Å²) < 4.78 is 5.52. The molecule has 4 heteroatoms. The molecule has 2 aromatic carbocycles. The summed E-state index contributed by atoms with van der Waals surface area (Å²) in [6.45, 7) is 0. The highest BCUT2D eigenvalue weighted by Crippen LogP contribution is 2.48. The van der Waals surface area contributed by atoms with Gasteiger partial charge in [0, 0.05) is 25.1 Å². The predicted molar refractivity (Wildman–Crippen MR) is 70.0 cm³/mol. The molecule has 0 radical (unpaired) electrons. The molecule has 3 aromatic rings. The van der Waals surface area contributed by atoms with Gasteiger partial charge in [-0.25, -0.2) is 0 Å². The van der Waals surface area contributed by atoms with Gasteiger partial charge in [0.2, 0.25) is 0 Å². The van der Waals surface area contributed by atoms with Gasteiger partial charge in [0.15, 0.2) is 0 Å². The maximum absolute atomic E-state index is 9.55. The van der Waals surface area contributed by atoms with Crippen molar-refractivity contribution in [1.82, 2.24) is 0 Å². The van der Waals surface area contributed by atoms with E-state index in [0.29, 0.717) is 0 Å². The zero-order chi connectivity index (χ0) is 12.0. The average molecular weight is 246 g/mol. The van der Waals surface area contributed by atoms with E-state index in [2.05, 4.69) is 0 Å². The minimum atomic E-state index is -0.927. The zero-order valence-corrected chi connectivity index (χ0v) is 10.1. The van der Waals surface area contributed by atoms with Crippen LogP contribution in [-0.2, 0) is 0 Å². The van der Waals surface area contributed by atoms with Crippen LogP contribution in [0, 0.1) is 0 Å². The summed E-state index contributed by atoms with van der Waals surface area (Å²) in [5, 5.41) is 23.3. The fourth-order valence-electron chi connectivity index (χ4n) is 2.16. The third-order valence-corrected chi connectivity index (χ3v) is 4.85. The summed E-state index contributed by atoms with van der Waals surface area (Å²) in [6, 6.07) is 10.6. The molecular formula is C13H11O3P. The maximum atomic E-state index is 9.55. The average Bonchev–Trinajstić information content (AvgIpc) is 2.60. The second-order valence-corrected chi connectivity index (χ2v) is 5.80. The van der Waals surface area contributed by atoms with Crippen LogP contribution in [0.3, 0.4) is 0 Å². The Kier molecular flexibility index (Phi) is 2.25. The molecule has 0 bridgehead atoms. The predicted octanol–water partition coefficient (Wildman–Crippen LogP) is 3.45. The van der Waals surface area contributed by atoms with Crippen molar-refractivity contribution < 1.29 is 14.7 Å². The molecule has 17 heavy (non-hydrogen) atoms. The van der Waals surface area contributed by atoms with Gasteiger partial charge in [0.25, 0.3) is 0 Å². The molecule has 0 amide bonds. The van der Waals surface area contributed by atoms with Crippen LogP contribution in [0.4, 0.5) is 0 Å². The second kappa shape index (κ2) is 3.66. The van der Waals surface area contributed by atoms with Crippen molar-refractivity contribution in [3.8, 4) is 11.5 Å². The van der Waals surface area contributed by atoms with Crippen molar-refractivity contribution in [2.45, 2.75) is 0 Å². The van der Waals surface area contributed by atoms with E-state index in [0.717, 1.165) is 21.0 Å². The molecular weight excluding hydrogens is 235 g/mol. The van der Waals surface area contributed by atoms with Gasteiger partial charge in [-0.2, -0.15) is 0 Å². The first-order valence-electron chi connectivity index (χ1n) is 5.21. The fraction of sp³-hybridized carbons (Fsp3) is 0.0769. The van der Waals surface area contributed by atoms with E-state index < -0.39 is 7.76 Å². The Bertz CT molecular complexity index is 656. The summed E-state index contributed by atoms with van der Waals surface area (Å²) in [5.74, 6) is 0.482. The van der Waals surface area contributed by atoms with Crippen molar-refractivity contribution in [2.24, 2.45) is 0 Å². The smallest absolute Gasteiger partial charge is 0.116 e. The standard InChI is InChI=1S/C13H11O3P/c1-16-17-12-6-8(14)2-4-10(12)11-5-3-9(15)7-13(11)17/h2-7,14-15H,1H3. The minimum absolute atomic E-state index is 0.241. The Morgan fingerprint density at radius 1 is 0.882 bits per heavy atom. The molecule has 0 unspecified atom stereocenters. The number of phenolic OH excluding ortho intramolecular Hbond substituents is 2. The van der Waals surface area contributed by atoms with Gasteiger partial charge in [-0.05, 0) is 47.2 Å². The van der Waals surface area contributed by atoms with Crippen molar-refractivity contribution in [3.05, 3.63) is 36.4 Å². The lowest BCUT2D eigenvalue weighted by Crippen LogP contribution is -1.74. The number of phenols is 2. The van der Waals surface area contributed by atoms with E-state index in [1.165, 1.54) is 0 Å². The maximum Gasteiger partial charge on any atom is 0.116 e. The summed E-state index contributed by atoms with van der Waals surface area (Å²) >= 11 is 0. The van der Waals surface area contributed by atoms with Crippen LogP contribution < -0.4 is 4.52 Å². The van der Waals surface area contributed by atoms with Crippen LogP contribution in [0.2, 0.25) is 0 Å². The normalized spacial score (nSPS) is 11.4. The zero-order valence-electron chi connectivity index (χ0n) is 9.21. The van der Waals surface area contributed by atoms with E-state index in [1.807, 2.05) is 12.1 Å². The van der Waals surface area contributed by atoms with Crippen LogP contribution in [-0.4, -0.2) is 17.3 Å². The fourth-order valence-corrected chi connectivity index (χ4v) is 4.14. The van der Waals surface area contributed by atoms with Crippen LogP contribution in [0.25, 0.3) is 21.0 Å². The number of fused-ring (bicyclic) bond motifs is 3. The van der Waals surface area contributed by atoms with Crippen LogP contribution in [0.5, 0.6) is 11.5 Å².